The zero-order valence-corrected chi connectivity index (χ0v) is 12.9. The van der Waals surface area contributed by atoms with Gasteiger partial charge in [-0.2, -0.15) is 0 Å². The van der Waals surface area contributed by atoms with Crippen LogP contribution < -0.4 is 0 Å². The molecular formula is C17H12BrNO2. The number of halogens is 1. The second-order valence-corrected chi connectivity index (χ2v) is 5.53. The molecule has 0 atom stereocenters. The van der Waals surface area contributed by atoms with Gasteiger partial charge in [-0.05, 0) is 36.3 Å². The molecule has 3 nitrogen and oxygen atoms in total. The van der Waals surface area contributed by atoms with Crippen LogP contribution in [0.5, 0.6) is 0 Å². The first kappa shape index (κ1) is 13.8. The molecule has 0 aliphatic carbocycles. The predicted octanol–water partition coefficient (Wildman–Crippen LogP) is 4.10. The summed E-state index contributed by atoms with van der Waals surface area (Å²) in [7, 11) is 0. The SMILES string of the molecule is Cc1ccccc1C1=N/C(=C\c2ccccc2Br)C(=O)O1. The fourth-order valence-corrected chi connectivity index (χ4v) is 2.48. The minimum absolute atomic E-state index is 0.306. The lowest BCUT2D eigenvalue weighted by Crippen LogP contribution is -2.06. The number of benzene rings is 2. The molecule has 1 aliphatic heterocycles. The Morgan fingerprint density at radius 3 is 2.57 bits per heavy atom. The van der Waals surface area contributed by atoms with Crippen molar-refractivity contribution >= 4 is 33.9 Å². The van der Waals surface area contributed by atoms with Gasteiger partial charge >= 0.3 is 5.97 Å². The highest BCUT2D eigenvalue weighted by atomic mass is 79.9. The minimum Gasteiger partial charge on any atom is -0.402 e. The maximum Gasteiger partial charge on any atom is 0.363 e. The Bertz CT molecular complexity index is 778. The van der Waals surface area contributed by atoms with Gasteiger partial charge in [0.1, 0.15) is 0 Å². The Labute approximate surface area is 131 Å². The van der Waals surface area contributed by atoms with E-state index in [1.54, 1.807) is 6.08 Å². The Morgan fingerprint density at radius 1 is 1.10 bits per heavy atom. The lowest BCUT2D eigenvalue weighted by Gasteiger charge is -2.02. The number of hydrogen-bond donors (Lipinski definition) is 0. The smallest absolute Gasteiger partial charge is 0.363 e. The molecule has 0 N–H and O–H groups in total. The van der Waals surface area contributed by atoms with Gasteiger partial charge in [0, 0.05) is 10.0 Å². The zero-order valence-electron chi connectivity index (χ0n) is 11.3. The van der Waals surface area contributed by atoms with Crippen LogP contribution >= 0.6 is 15.9 Å². The van der Waals surface area contributed by atoms with E-state index in [0.717, 1.165) is 21.2 Å². The Kier molecular flexibility index (Phi) is 3.71. The first-order valence-corrected chi connectivity index (χ1v) is 7.27. The Morgan fingerprint density at radius 2 is 1.81 bits per heavy atom. The minimum atomic E-state index is -0.427. The summed E-state index contributed by atoms with van der Waals surface area (Å²) in [6.45, 7) is 1.96. The van der Waals surface area contributed by atoms with Crippen molar-refractivity contribution in [1.29, 1.82) is 0 Å². The van der Waals surface area contributed by atoms with Gasteiger partial charge < -0.3 is 4.74 Å². The van der Waals surface area contributed by atoms with Crippen LogP contribution in [0.3, 0.4) is 0 Å². The third-order valence-corrected chi connectivity index (χ3v) is 3.92. The number of ether oxygens (including phenoxy) is 1. The van der Waals surface area contributed by atoms with Gasteiger partial charge in [-0.1, -0.05) is 52.3 Å². The topological polar surface area (TPSA) is 38.7 Å². The van der Waals surface area contributed by atoms with Gasteiger partial charge in [-0.3, -0.25) is 0 Å². The summed E-state index contributed by atoms with van der Waals surface area (Å²) in [6, 6.07) is 15.3. The fourth-order valence-electron chi connectivity index (χ4n) is 2.08. The van der Waals surface area contributed by atoms with Crippen LogP contribution in [0.1, 0.15) is 16.7 Å². The van der Waals surface area contributed by atoms with E-state index in [1.807, 2.05) is 55.5 Å². The second-order valence-electron chi connectivity index (χ2n) is 4.67. The van der Waals surface area contributed by atoms with Gasteiger partial charge in [0.2, 0.25) is 5.90 Å². The summed E-state index contributed by atoms with van der Waals surface area (Å²) >= 11 is 3.45. The maximum absolute atomic E-state index is 12.0. The lowest BCUT2D eigenvalue weighted by molar-refractivity contribution is -0.129. The van der Waals surface area contributed by atoms with E-state index < -0.39 is 5.97 Å². The van der Waals surface area contributed by atoms with Crippen molar-refractivity contribution in [1.82, 2.24) is 0 Å². The van der Waals surface area contributed by atoms with E-state index in [9.17, 15) is 4.79 Å². The number of hydrogen-bond acceptors (Lipinski definition) is 3. The number of esters is 1. The lowest BCUT2D eigenvalue weighted by atomic mass is 10.1. The highest BCUT2D eigenvalue weighted by molar-refractivity contribution is 9.10. The van der Waals surface area contributed by atoms with Crippen molar-refractivity contribution in [3.8, 4) is 0 Å². The molecule has 0 bridgehead atoms. The van der Waals surface area contributed by atoms with Crippen LogP contribution in [0.15, 0.2) is 63.7 Å². The van der Waals surface area contributed by atoms with E-state index >= 15 is 0 Å². The van der Waals surface area contributed by atoms with Crippen molar-refractivity contribution in [3.05, 3.63) is 75.4 Å². The molecule has 2 aromatic rings. The number of rotatable bonds is 2. The van der Waals surface area contributed by atoms with Crippen molar-refractivity contribution in [2.45, 2.75) is 6.92 Å². The summed E-state index contributed by atoms with van der Waals surface area (Å²) in [5.41, 5.74) is 3.05. The van der Waals surface area contributed by atoms with Crippen molar-refractivity contribution in [2.24, 2.45) is 4.99 Å². The summed E-state index contributed by atoms with van der Waals surface area (Å²) in [6.07, 6.45) is 1.72. The largest absolute Gasteiger partial charge is 0.402 e. The normalized spacial score (nSPS) is 16.0. The van der Waals surface area contributed by atoms with Crippen molar-refractivity contribution in [3.63, 3.8) is 0 Å². The molecule has 21 heavy (non-hydrogen) atoms. The van der Waals surface area contributed by atoms with Crippen LogP contribution in [-0.4, -0.2) is 11.9 Å². The van der Waals surface area contributed by atoms with Crippen LogP contribution in [-0.2, 0) is 9.53 Å². The number of aryl methyl sites for hydroxylation is 1. The highest BCUT2D eigenvalue weighted by Crippen LogP contribution is 2.24. The molecule has 0 saturated carbocycles. The molecule has 0 saturated heterocycles. The molecule has 0 fully saturated rings. The van der Waals surface area contributed by atoms with Crippen molar-refractivity contribution < 1.29 is 9.53 Å². The zero-order chi connectivity index (χ0) is 14.8. The van der Waals surface area contributed by atoms with E-state index in [0.29, 0.717) is 11.6 Å². The van der Waals surface area contributed by atoms with Gasteiger partial charge in [0.05, 0.1) is 0 Å². The highest BCUT2D eigenvalue weighted by Gasteiger charge is 2.25. The average molecular weight is 342 g/mol. The molecule has 1 aliphatic rings. The van der Waals surface area contributed by atoms with Gasteiger partial charge in [0.25, 0.3) is 0 Å². The molecule has 2 aromatic carbocycles. The van der Waals surface area contributed by atoms with Gasteiger partial charge in [-0.25, -0.2) is 9.79 Å². The van der Waals surface area contributed by atoms with Crippen LogP contribution in [0.4, 0.5) is 0 Å². The van der Waals surface area contributed by atoms with E-state index in [-0.39, 0.29) is 0 Å². The molecule has 0 spiro atoms. The van der Waals surface area contributed by atoms with E-state index in [1.165, 1.54) is 0 Å². The van der Waals surface area contributed by atoms with Crippen LogP contribution in [0, 0.1) is 6.92 Å². The van der Waals surface area contributed by atoms with Crippen LogP contribution in [0.2, 0.25) is 0 Å². The predicted molar refractivity (Wildman–Crippen MR) is 85.9 cm³/mol. The third-order valence-electron chi connectivity index (χ3n) is 3.19. The molecule has 4 heteroatoms. The number of nitrogens with zero attached hydrogens (tertiary/aromatic N) is 1. The molecule has 3 rings (SSSR count). The number of aliphatic imine (C=N–C) groups is 1. The molecule has 0 unspecified atom stereocenters. The van der Waals surface area contributed by atoms with Crippen LogP contribution in [0.25, 0.3) is 6.08 Å². The summed E-state index contributed by atoms with van der Waals surface area (Å²) in [5, 5.41) is 0. The van der Waals surface area contributed by atoms with E-state index in [2.05, 4.69) is 20.9 Å². The first-order valence-electron chi connectivity index (χ1n) is 6.48. The van der Waals surface area contributed by atoms with Crippen molar-refractivity contribution in [2.75, 3.05) is 0 Å². The Hall–Kier alpha value is -2.20. The molecule has 0 aromatic heterocycles. The molecule has 104 valence electrons. The molecule has 1 heterocycles. The number of cyclic esters (lactones) is 1. The quantitative estimate of drug-likeness (QED) is 0.609. The summed E-state index contributed by atoms with van der Waals surface area (Å²) < 4.78 is 6.19. The fraction of sp³-hybridized carbons (Fsp3) is 0.0588. The second kappa shape index (κ2) is 5.66. The molecular weight excluding hydrogens is 330 g/mol. The number of carbonyl (C=O) groups excluding carboxylic acids is 1. The first-order chi connectivity index (χ1) is 10.1. The number of carbonyl (C=O) groups is 1. The standard InChI is InChI=1S/C17H12BrNO2/c1-11-6-2-4-8-13(11)16-19-15(17(20)21-16)10-12-7-3-5-9-14(12)18/h2-10H,1H3/b15-10-. The van der Waals surface area contributed by atoms with Gasteiger partial charge in [-0.15, -0.1) is 0 Å². The third kappa shape index (κ3) is 2.81. The molecule has 0 amide bonds. The monoisotopic (exact) mass is 341 g/mol. The average Bonchev–Trinajstić information content (AvgIpc) is 2.83. The maximum atomic E-state index is 12.0. The molecule has 0 radical (unpaired) electrons. The Balaban J connectivity index is 2.00. The van der Waals surface area contributed by atoms with Gasteiger partial charge in [0.15, 0.2) is 5.70 Å². The summed E-state index contributed by atoms with van der Waals surface area (Å²) in [4.78, 5) is 16.3. The summed E-state index contributed by atoms with van der Waals surface area (Å²) in [5.74, 6) is -0.0691. The van der Waals surface area contributed by atoms with E-state index in [4.69, 9.17) is 4.74 Å².